The lowest BCUT2D eigenvalue weighted by atomic mass is 10.2. The van der Waals surface area contributed by atoms with Gasteiger partial charge in [0.1, 0.15) is 5.75 Å². The molecule has 0 saturated carbocycles. The smallest absolute Gasteiger partial charge is 0.262 e. The standard InChI is InChI=1S/C14H12N4O3/c15-9-5-12-11(17-13(19)7-21-12)6-10(9)18-14(20)8-1-3-16-4-2-8/h1-6H,7,15H2,(H,17,19)(H,18,20). The number of nitrogens with two attached hydrogens (primary N) is 1. The van der Waals surface area contributed by atoms with Crippen molar-refractivity contribution in [2.75, 3.05) is 23.0 Å². The Hall–Kier alpha value is -3.09. The zero-order valence-corrected chi connectivity index (χ0v) is 10.9. The fraction of sp³-hybridized carbons (Fsp3) is 0.0714. The summed E-state index contributed by atoms with van der Waals surface area (Å²) in [6.45, 7) is -0.0465. The Morgan fingerprint density at radius 2 is 2.10 bits per heavy atom. The van der Waals surface area contributed by atoms with E-state index in [0.717, 1.165) is 0 Å². The summed E-state index contributed by atoms with van der Waals surface area (Å²) in [6, 6.07) is 6.32. The molecule has 106 valence electrons. The Morgan fingerprint density at radius 1 is 1.33 bits per heavy atom. The van der Waals surface area contributed by atoms with Gasteiger partial charge >= 0.3 is 0 Å². The van der Waals surface area contributed by atoms with E-state index in [4.69, 9.17) is 10.5 Å². The van der Waals surface area contributed by atoms with Gasteiger partial charge in [-0.05, 0) is 18.2 Å². The molecule has 1 aliphatic rings. The third-order valence-corrected chi connectivity index (χ3v) is 2.98. The summed E-state index contributed by atoms with van der Waals surface area (Å²) in [7, 11) is 0. The number of ether oxygens (including phenoxy) is 1. The maximum Gasteiger partial charge on any atom is 0.262 e. The Kier molecular flexibility index (Phi) is 3.15. The van der Waals surface area contributed by atoms with Crippen molar-refractivity contribution in [3.63, 3.8) is 0 Å². The number of nitrogens with zero attached hydrogens (tertiary/aromatic N) is 1. The number of hydrogen-bond acceptors (Lipinski definition) is 5. The Morgan fingerprint density at radius 3 is 2.86 bits per heavy atom. The van der Waals surface area contributed by atoms with Crippen LogP contribution in [-0.2, 0) is 4.79 Å². The number of anilines is 3. The summed E-state index contributed by atoms with van der Waals surface area (Å²) < 4.78 is 5.25. The molecule has 2 aromatic rings. The fourth-order valence-corrected chi connectivity index (χ4v) is 1.95. The average molecular weight is 284 g/mol. The molecule has 7 nitrogen and oxygen atoms in total. The summed E-state index contributed by atoms with van der Waals surface area (Å²) in [5, 5.41) is 5.35. The number of carbonyl (C=O) groups excluding carboxylic acids is 2. The molecule has 4 N–H and O–H groups in total. The van der Waals surface area contributed by atoms with Crippen LogP contribution in [0.2, 0.25) is 0 Å². The first-order chi connectivity index (χ1) is 10.1. The van der Waals surface area contributed by atoms with Gasteiger partial charge < -0.3 is 21.1 Å². The third-order valence-electron chi connectivity index (χ3n) is 2.98. The molecule has 2 amide bonds. The molecular weight excluding hydrogens is 272 g/mol. The number of amides is 2. The van der Waals surface area contributed by atoms with Gasteiger partial charge in [-0.1, -0.05) is 0 Å². The molecule has 2 heterocycles. The van der Waals surface area contributed by atoms with Crippen LogP contribution >= 0.6 is 0 Å². The van der Waals surface area contributed by atoms with Gasteiger partial charge in [0.25, 0.3) is 11.8 Å². The van der Waals surface area contributed by atoms with Crippen LogP contribution in [0.5, 0.6) is 5.75 Å². The monoisotopic (exact) mass is 284 g/mol. The van der Waals surface area contributed by atoms with E-state index in [0.29, 0.717) is 28.4 Å². The van der Waals surface area contributed by atoms with Crippen LogP contribution in [0.25, 0.3) is 0 Å². The number of aromatic nitrogens is 1. The van der Waals surface area contributed by atoms with E-state index in [-0.39, 0.29) is 18.4 Å². The van der Waals surface area contributed by atoms with Crippen LogP contribution in [0.3, 0.4) is 0 Å². The van der Waals surface area contributed by atoms with Crippen molar-refractivity contribution in [3.8, 4) is 5.75 Å². The lowest BCUT2D eigenvalue weighted by Crippen LogP contribution is -2.25. The third kappa shape index (κ3) is 2.62. The maximum atomic E-state index is 12.1. The molecule has 0 saturated heterocycles. The van der Waals surface area contributed by atoms with E-state index in [2.05, 4.69) is 15.6 Å². The van der Waals surface area contributed by atoms with E-state index < -0.39 is 0 Å². The summed E-state index contributed by atoms with van der Waals surface area (Å²) in [4.78, 5) is 27.2. The molecule has 1 aromatic heterocycles. The van der Waals surface area contributed by atoms with Crippen molar-refractivity contribution >= 4 is 28.9 Å². The summed E-state index contributed by atoms with van der Waals surface area (Å²) in [6.07, 6.45) is 3.05. The highest BCUT2D eigenvalue weighted by molar-refractivity contribution is 6.07. The molecule has 0 atom stereocenters. The molecule has 0 aliphatic carbocycles. The summed E-state index contributed by atoms with van der Waals surface area (Å²) >= 11 is 0. The predicted molar refractivity (Wildman–Crippen MR) is 77.2 cm³/mol. The van der Waals surface area contributed by atoms with Crippen molar-refractivity contribution in [2.24, 2.45) is 0 Å². The largest absolute Gasteiger partial charge is 0.482 e. The number of nitrogens with one attached hydrogen (secondary N) is 2. The number of nitrogen functional groups attached to an aromatic ring is 1. The minimum atomic E-state index is -0.313. The summed E-state index contributed by atoms with van der Waals surface area (Å²) in [5.74, 6) is -0.0835. The molecule has 0 fully saturated rings. The normalized spacial score (nSPS) is 12.9. The SMILES string of the molecule is Nc1cc2c(cc1NC(=O)c1ccncc1)NC(=O)CO2. The molecule has 0 spiro atoms. The van der Waals surface area contributed by atoms with Crippen LogP contribution in [0, 0.1) is 0 Å². The van der Waals surface area contributed by atoms with Gasteiger partial charge in [-0.15, -0.1) is 0 Å². The van der Waals surface area contributed by atoms with E-state index in [1.54, 1.807) is 24.3 Å². The molecule has 0 radical (unpaired) electrons. The highest BCUT2D eigenvalue weighted by Crippen LogP contribution is 2.35. The number of fused-ring (bicyclic) bond motifs is 1. The van der Waals surface area contributed by atoms with Crippen molar-refractivity contribution in [3.05, 3.63) is 42.2 Å². The van der Waals surface area contributed by atoms with Gasteiger partial charge in [0.05, 0.1) is 17.1 Å². The minimum absolute atomic E-state index is 0.0465. The van der Waals surface area contributed by atoms with E-state index >= 15 is 0 Å². The van der Waals surface area contributed by atoms with Crippen LogP contribution in [0.15, 0.2) is 36.7 Å². The Bertz CT molecular complexity index is 716. The zero-order valence-electron chi connectivity index (χ0n) is 10.9. The fourth-order valence-electron chi connectivity index (χ4n) is 1.95. The molecule has 1 aromatic carbocycles. The van der Waals surface area contributed by atoms with E-state index in [1.165, 1.54) is 12.4 Å². The predicted octanol–water partition coefficient (Wildman–Crippen LogP) is 1.25. The maximum absolute atomic E-state index is 12.1. The number of carbonyl (C=O) groups is 2. The van der Waals surface area contributed by atoms with Gasteiger partial charge in [0.15, 0.2) is 6.61 Å². The molecule has 21 heavy (non-hydrogen) atoms. The number of benzene rings is 1. The van der Waals surface area contributed by atoms with Crippen molar-refractivity contribution < 1.29 is 14.3 Å². The molecular formula is C14H12N4O3. The molecule has 1 aliphatic heterocycles. The second kappa shape index (κ2) is 5.12. The first-order valence-corrected chi connectivity index (χ1v) is 6.21. The van der Waals surface area contributed by atoms with Gasteiger partial charge in [-0.3, -0.25) is 14.6 Å². The van der Waals surface area contributed by atoms with Gasteiger partial charge in [0.2, 0.25) is 0 Å². The average Bonchev–Trinajstić information content (AvgIpc) is 2.49. The first-order valence-electron chi connectivity index (χ1n) is 6.21. The van der Waals surface area contributed by atoms with E-state index in [1.807, 2.05) is 0 Å². The lowest BCUT2D eigenvalue weighted by Gasteiger charge is -2.20. The van der Waals surface area contributed by atoms with Crippen LogP contribution in [-0.4, -0.2) is 23.4 Å². The van der Waals surface area contributed by atoms with Crippen molar-refractivity contribution in [1.82, 2.24) is 4.98 Å². The van der Waals surface area contributed by atoms with Crippen molar-refractivity contribution in [2.45, 2.75) is 0 Å². The van der Waals surface area contributed by atoms with Gasteiger partial charge in [-0.25, -0.2) is 0 Å². The topological polar surface area (TPSA) is 106 Å². The molecule has 0 unspecified atom stereocenters. The quantitative estimate of drug-likeness (QED) is 0.719. The van der Waals surface area contributed by atoms with Crippen LogP contribution in [0.4, 0.5) is 17.1 Å². The number of rotatable bonds is 2. The first kappa shape index (κ1) is 12.9. The second-order valence-corrected chi connectivity index (χ2v) is 4.46. The van der Waals surface area contributed by atoms with Crippen LogP contribution < -0.4 is 21.1 Å². The van der Waals surface area contributed by atoms with E-state index in [9.17, 15) is 9.59 Å². The number of hydrogen-bond donors (Lipinski definition) is 3. The van der Waals surface area contributed by atoms with Crippen molar-refractivity contribution in [1.29, 1.82) is 0 Å². The number of pyridine rings is 1. The van der Waals surface area contributed by atoms with Gasteiger partial charge in [-0.2, -0.15) is 0 Å². The highest BCUT2D eigenvalue weighted by Gasteiger charge is 2.18. The molecule has 7 heteroatoms. The van der Waals surface area contributed by atoms with Crippen LogP contribution in [0.1, 0.15) is 10.4 Å². The van der Waals surface area contributed by atoms with Gasteiger partial charge in [0, 0.05) is 24.0 Å². The highest BCUT2D eigenvalue weighted by atomic mass is 16.5. The minimum Gasteiger partial charge on any atom is -0.482 e. The zero-order chi connectivity index (χ0) is 14.8. The summed E-state index contributed by atoms with van der Waals surface area (Å²) in [5.41, 5.74) is 7.58. The molecule has 0 bridgehead atoms. The lowest BCUT2D eigenvalue weighted by molar-refractivity contribution is -0.118. The Balaban J connectivity index is 1.87. The molecule has 3 rings (SSSR count). The Labute approximate surface area is 120 Å². The second-order valence-electron chi connectivity index (χ2n) is 4.46.